The van der Waals surface area contributed by atoms with Gasteiger partial charge < -0.3 is 15.0 Å². The Balaban J connectivity index is 1.20. The number of nitrogens with one attached hydrogen (secondary N) is 1. The summed E-state index contributed by atoms with van der Waals surface area (Å²) in [5, 5.41) is 2.87. The molecule has 2 aliphatic rings. The Morgan fingerprint density at radius 1 is 1.08 bits per heavy atom. The van der Waals surface area contributed by atoms with Crippen LogP contribution in [-0.4, -0.2) is 45.5 Å². The summed E-state index contributed by atoms with van der Waals surface area (Å²) >= 11 is 0. The number of ether oxygens (including phenoxy) is 1. The number of aromatic nitrogens is 4. The average Bonchev–Trinajstić information content (AvgIpc) is 2.86. The fourth-order valence-corrected chi connectivity index (χ4v) is 4.50. The second-order valence-electron chi connectivity index (χ2n) is 9.39. The van der Waals surface area contributed by atoms with Gasteiger partial charge in [0.05, 0.1) is 49.1 Å². The van der Waals surface area contributed by atoms with Crippen molar-refractivity contribution in [1.29, 1.82) is 0 Å². The van der Waals surface area contributed by atoms with Gasteiger partial charge in [0.1, 0.15) is 17.0 Å². The van der Waals surface area contributed by atoms with E-state index < -0.39 is 5.67 Å². The van der Waals surface area contributed by atoms with Gasteiger partial charge in [0, 0.05) is 18.7 Å². The van der Waals surface area contributed by atoms with E-state index in [1.54, 1.807) is 30.6 Å². The number of rotatable bonds is 5. The van der Waals surface area contributed by atoms with Gasteiger partial charge in [-0.1, -0.05) is 12.1 Å². The second-order valence-corrected chi connectivity index (χ2v) is 9.39. The molecule has 4 aromatic rings. The van der Waals surface area contributed by atoms with Crippen molar-refractivity contribution in [3.8, 4) is 11.4 Å². The Morgan fingerprint density at radius 2 is 1.97 bits per heavy atom. The summed E-state index contributed by atoms with van der Waals surface area (Å²) in [6.07, 6.45) is 4.53. The lowest BCUT2D eigenvalue weighted by atomic mass is 9.90. The Labute approximate surface area is 207 Å². The fraction of sp³-hybridized carbons (Fsp3) is 0.296. The summed E-state index contributed by atoms with van der Waals surface area (Å²) in [5.41, 5.74) is 3.46. The molecule has 0 saturated carbocycles. The van der Waals surface area contributed by atoms with Crippen LogP contribution in [-0.2, 0) is 23.6 Å². The van der Waals surface area contributed by atoms with Crippen LogP contribution in [0.2, 0.25) is 0 Å². The van der Waals surface area contributed by atoms with Crippen molar-refractivity contribution in [2.45, 2.75) is 32.2 Å². The number of hydrogen-bond acceptors (Lipinski definition) is 7. The Bertz CT molecular complexity index is 1470. The maximum absolute atomic E-state index is 14.9. The first-order valence-electron chi connectivity index (χ1n) is 12.0. The van der Waals surface area contributed by atoms with Crippen LogP contribution >= 0.6 is 0 Å². The first-order valence-corrected chi connectivity index (χ1v) is 12.0. The van der Waals surface area contributed by atoms with E-state index >= 15 is 0 Å². The van der Waals surface area contributed by atoms with E-state index in [4.69, 9.17) is 14.7 Å². The number of nitrogens with zero attached hydrogens (tertiary/aromatic N) is 5. The SMILES string of the molecule is C[C@@]1(F)COCc2ccc(C(=O)NCc3cc4nc(-c5cccc(N6CCC6)n5)cnc4cn3)cc21. The fourth-order valence-electron chi connectivity index (χ4n) is 4.50. The highest BCUT2D eigenvalue weighted by molar-refractivity contribution is 5.94. The molecule has 5 heterocycles. The van der Waals surface area contributed by atoms with E-state index in [0.29, 0.717) is 40.2 Å². The van der Waals surface area contributed by atoms with E-state index in [9.17, 15) is 9.18 Å². The second kappa shape index (κ2) is 8.91. The van der Waals surface area contributed by atoms with Crippen molar-refractivity contribution in [2.24, 2.45) is 0 Å². The molecule has 8 nitrogen and oxygen atoms in total. The summed E-state index contributed by atoms with van der Waals surface area (Å²) in [5.74, 6) is 0.649. The molecule has 1 aromatic carbocycles. The third-order valence-corrected chi connectivity index (χ3v) is 6.66. The molecular weight excluding hydrogens is 459 g/mol. The van der Waals surface area contributed by atoms with E-state index in [1.807, 2.05) is 24.3 Å². The predicted octanol–water partition coefficient (Wildman–Crippen LogP) is 3.94. The molecule has 3 aromatic heterocycles. The number of halogens is 1. The summed E-state index contributed by atoms with van der Waals surface area (Å²) in [6.45, 7) is 4.04. The molecule has 2 aliphatic heterocycles. The van der Waals surface area contributed by atoms with Crippen LogP contribution in [0, 0.1) is 0 Å². The van der Waals surface area contributed by atoms with Crippen LogP contribution in [0.4, 0.5) is 10.2 Å². The minimum absolute atomic E-state index is 0.0207. The number of carbonyl (C=O) groups is 1. The zero-order chi connectivity index (χ0) is 24.7. The largest absolute Gasteiger partial charge is 0.373 e. The van der Waals surface area contributed by atoms with Crippen molar-refractivity contribution in [3.05, 3.63) is 77.2 Å². The normalized spacial score (nSPS) is 19.0. The van der Waals surface area contributed by atoms with Crippen molar-refractivity contribution in [2.75, 3.05) is 24.6 Å². The van der Waals surface area contributed by atoms with Gasteiger partial charge in [-0.05, 0) is 54.8 Å². The summed E-state index contributed by atoms with van der Waals surface area (Å²) in [7, 11) is 0. The van der Waals surface area contributed by atoms with E-state index in [1.165, 1.54) is 13.3 Å². The van der Waals surface area contributed by atoms with Gasteiger partial charge in [0.15, 0.2) is 5.67 Å². The smallest absolute Gasteiger partial charge is 0.251 e. The number of benzene rings is 1. The zero-order valence-corrected chi connectivity index (χ0v) is 19.9. The van der Waals surface area contributed by atoms with Crippen LogP contribution in [0.25, 0.3) is 22.4 Å². The van der Waals surface area contributed by atoms with Gasteiger partial charge in [0.2, 0.25) is 0 Å². The number of alkyl halides is 1. The van der Waals surface area contributed by atoms with Crippen LogP contribution in [0.15, 0.2) is 54.9 Å². The average molecular weight is 485 g/mol. The molecule has 1 fully saturated rings. The van der Waals surface area contributed by atoms with Gasteiger partial charge in [0.25, 0.3) is 5.91 Å². The maximum atomic E-state index is 14.9. The number of hydrogen-bond donors (Lipinski definition) is 1. The molecule has 1 N–H and O–H groups in total. The topological polar surface area (TPSA) is 93.1 Å². The van der Waals surface area contributed by atoms with E-state index in [-0.39, 0.29) is 19.1 Å². The highest BCUT2D eigenvalue weighted by Gasteiger charge is 2.33. The van der Waals surface area contributed by atoms with Crippen LogP contribution in [0.1, 0.15) is 40.5 Å². The Morgan fingerprint density at radius 3 is 2.81 bits per heavy atom. The molecule has 0 bridgehead atoms. The van der Waals surface area contributed by atoms with Crippen LogP contribution in [0.5, 0.6) is 0 Å². The van der Waals surface area contributed by atoms with Crippen molar-refractivity contribution in [1.82, 2.24) is 25.3 Å². The monoisotopic (exact) mass is 484 g/mol. The van der Waals surface area contributed by atoms with E-state index in [0.717, 1.165) is 30.2 Å². The Kier molecular flexibility index (Phi) is 5.56. The van der Waals surface area contributed by atoms with Gasteiger partial charge >= 0.3 is 0 Å². The first-order chi connectivity index (χ1) is 17.5. The Hall–Kier alpha value is -3.98. The van der Waals surface area contributed by atoms with Gasteiger partial charge in [-0.25, -0.2) is 14.4 Å². The number of anilines is 1. The first kappa shape index (κ1) is 22.5. The molecule has 9 heteroatoms. The number of fused-ring (bicyclic) bond motifs is 2. The van der Waals surface area contributed by atoms with Gasteiger partial charge in [-0.3, -0.25) is 14.8 Å². The standard InChI is InChI=1S/C27H25FN6O2/c1-27(28)16-36-15-18-7-6-17(10-20(18)27)26(35)31-12-19-11-22-23(13-29-19)30-14-24(32-22)21-4-2-5-25(33-21)34-8-3-9-34/h2,4-7,10-11,13-14H,3,8-9,12,15-16H2,1H3,(H,31,35)/t27-/m1/s1. The van der Waals surface area contributed by atoms with Crippen molar-refractivity contribution in [3.63, 3.8) is 0 Å². The zero-order valence-electron chi connectivity index (χ0n) is 19.9. The van der Waals surface area contributed by atoms with Crippen molar-refractivity contribution < 1.29 is 13.9 Å². The lowest BCUT2D eigenvalue weighted by Crippen LogP contribution is -2.37. The van der Waals surface area contributed by atoms with Gasteiger partial charge in [-0.15, -0.1) is 0 Å². The van der Waals surface area contributed by atoms with E-state index in [2.05, 4.69) is 20.2 Å². The molecule has 1 atom stereocenters. The van der Waals surface area contributed by atoms with Crippen LogP contribution in [0.3, 0.4) is 0 Å². The molecule has 1 amide bonds. The summed E-state index contributed by atoms with van der Waals surface area (Å²) in [6, 6.07) is 12.8. The maximum Gasteiger partial charge on any atom is 0.251 e. The quantitative estimate of drug-likeness (QED) is 0.459. The van der Waals surface area contributed by atoms with Crippen LogP contribution < -0.4 is 10.2 Å². The molecule has 0 aliphatic carbocycles. The number of amides is 1. The minimum Gasteiger partial charge on any atom is -0.373 e. The molecule has 1 saturated heterocycles. The molecule has 0 unspecified atom stereocenters. The molecule has 0 spiro atoms. The number of pyridine rings is 2. The molecule has 0 radical (unpaired) electrons. The highest BCUT2D eigenvalue weighted by atomic mass is 19.1. The third-order valence-electron chi connectivity index (χ3n) is 6.66. The summed E-state index contributed by atoms with van der Waals surface area (Å²) < 4.78 is 20.2. The molecule has 36 heavy (non-hydrogen) atoms. The molecule has 182 valence electrons. The van der Waals surface area contributed by atoms with Gasteiger partial charge in [-0.2, -0.15) is 0 Å². The lowest BCUT2D eigenvalue weighted by molar-refractivity contribution is -0.00467. The third kappa shape index (κ3) is 4.26. The highest BCUT2D eigenvalue weighted by Crippen LogP contribution is 2.34. The summed E-state index contributed by atoms with van der Waals surface area (Å²) in [4.78, 5) is 33.4. The number of carbonyl (C=O) groups excluding carboxylic acids is 1. The molecule has 6 rings (SSSR count). The lowest BCUT2D eigenvalue weighted by Gasteiger charge is -2.32. The molecular formula is C27H25FN6O2. The predicted molar refractivity (Wildman–Crippen MR) is 133 cm³/mol. The minimum atomic E-state index is -1.62. The van der Waals surface area contributed by atoms with Crippen molar-refractivity contribution >= 4 is 22.8 Å².